The molecule has 0 amide bonds. The molecule has 0 atom stereocenters. The molecule has 0 radical (unpaired) electrons. The van der Waals surface area contributed by atoms with E-state index in [4.69, 9.17) is 0 Å². The van der Waals surface area contributed by atoms with Crippen LogP contribution in [-0.2, 0) is 10.8 Å². The molecule has 0 heteroatoms. The maximum absolute atomic E-state index is 2.59. The zero-order valence-electron chi connectivity index (χ0n) is 36.3. The summed E-state index contributed by atoms with van der Waals surface area (Å²) < 4.78 is 0. The number of fused-ring (bicyclic) bond motifs is 15. The third-order valence-electron chi connectivity index (χ3n) is 16.1. The predicted molar refractivity (Wildman–Crippen MR) is 275 cm³/mol. The Morgan fingerprint density at radius 2 is 0.688 bits per heavy atom. The van der Waals surface area contributed by atoms with Crippen LogP contribution >= 0.6 is 0 Å². The van der Waals surface area contributed by atoms with Gasteiger partial charge >= 0.3 is 0 Å². The maximum Gasteiger partial charge on any atom is 0.0159 e. The number of hydrogen-bond donors (Lipinski definition) is 0. The minimum Gasteiger partial charge on any atom is -0.0619 e. The Hall–Kier alpha value is -7.54. The molecular weight excluding hydrogens is 769 g/mol. The fraction of sp³-hybridized carbons (Fsp3) is 0.0938. The summed E-state index contributed by atoms with van der Waals surface area (Å²) in [5, 5.41) is 21.2. The first-order valence-corrected chi connectivity index (χ1v) is 22.9. The Kier molecular flexibility index (Phi) is 6.41. The molecule has 0 heterocycles. The molecule has 0 spiro atoms. The van der Waals surface area contributed by atoms with E-state index < -0.39 is 0 Å². The molecule has 0 aliphatic heterocycles. The minimum absolute atomic E-state index is 0.126. The highest BCUT2D eigenvalue weighted by molar-refractivity contribution is 6.42. The van der Waals surface area contributed by atoms with E-state index >= 15 is 0 Å². The Bertz CT molecular complexity index is 4230. The van der Waals surface area contributed by atoms with Gasteiger partial charge in [-0.15, -0.1) is 0 Å². The Morgan fingerprint density at radius 3 is 1.28 bits per heavy atom. The summed E-state index contributed by atoms with van der Waals surface area (Å²) in [7, 11) is 0. The molecule has 2 aliphatic rings. The number of benzene rings is 11. The third kappa shape index (κ3) is 4.16. The van der Waals surface area contributed by atoms with Crippen molar-refractivity contribution in [3.8, 4) is 44.5 Å². The van der Waals surface area contributed by atoms with Crippen LogP contribution in [0.4, 0.5) is 0 Å². The van der Waals surface area contributed by atoms with Crippen LogP contribution in [0.2, 0.25) is 0 Å². The van der Waals surface area contributed by atoms with E-state index in [1.54, 1.807) is 0 Å². The molecule has 15 rings (SSSR count). The molecule has 0 unspecified atom stereocenters. The zero-order chi connectivity index (χ0) is 42.4. The highest BCUT2D eigenvalue weighted by atomic mass is 14.4. The van der Waals surface area contributed by atoms with Crippen molar-refractivity contribution in [2.45, 2.75) is 38.5 Å². The quantitative estimate of drug-likeness (QED) is 0.153. The van der Waals surface area contributed by atoms with Gasteiger partial charge in [-0.25, -0.2) is 0 Å². The molecule has 0 fully saturated rings. The van der Waals surface area contributed by atoms with Crippen molar-refractivity contribution < 1.29 is 0 Å². The Morgan fingerprint density at radius 1 is 0.250 bits per heavy atom. The number of rotatable bonds is 2. The van der Waals surface area contributed by atoms with Crippen LogP contribution in [0.1, 0.15) is 49.9 Å². The molecule has 13 aromatic carbocycles. The van der Waals surface area contributed by atoms with E-state index in [1.165, 1.54) is 153 Å². The van der Waals surface area contributed by atoms with Gasteiger partial charge < -0.3 is 0 Å². The average Bonchev–Trinajstić information content (AvgIpc) is 3.97. The lowest BCUT2D eigenvalue weighted by Gasteiger charge is -2.24. The third-order valence-corrected chi connectivity index (χ3v) is 16.1. The Labute approximate surface area is 371 Å². The van der Waals surface area contributed by atoms with Gasteiger partial charge in [0.25, 0.3) is 0 Å². The normalized spacial score (nSPS) is 14.8. The minimum atomic E-state index is -0.127. The first-order valence-electron chi connectivity index (χ1n) is 22.9. The molecule has 64 heavy (non-hydrogen) atoms. The van der Waals surface area contributed by atoms with Crippen molar-refractivity contribution in [2.24, 2.45) is 0 Å². The van der Waals surface area contributed by atoms with Crippen molar-refractivity contribution in [1.82, 2.24) is 0 Å². The second-order valence-electron chi connectivity index (χ2n) is 19.9. The van der Waals surface area contributed by atoms with E-state index in [1.807, 2.05) is 0 Å². The number of hydrogen-bond acceptors (Lipinski definition) is 0. The summed E-state index contributed by atoms with van der Waals surface area (Å²) in [5.41, 5.74) is 16.0. The van der Waals surface area contributed by atoms with Gasteiger partial charge in [0, 0.05) is 10.8 Å². The molecule has 2 aliphatic carbocycles. The lowest BCUT2D eigenvalue weighted by atomic mass is 9.79. The van der Waals surface area contributed by atoms with Gasteiger partial charge in [0.05, 0.1) is 0 Å². The average molecular weight is 811 g/mol. The van der Waals surface area contributed by atoms with E-state index in [-0.39, 0.29) is 10.8 Å². The summed E-state index contributed by atoms with van der Waals surface area (Å²) in [6, 6.07) is 70.3. The molecule has 0 saturated carbocycles. The molecule has 298 valence electrons. The molecule has 0 nitrogen and oxygen atoms in total. The standard InChI is InChI=1S/C64H42/c1-63(2)53-24-9-7-18-40(53)42-28-26-37(31-55(42)63)58-51-33-48-45-21-13-20-44-39-17-6-5-14-36(39)30-50(60(44)45)49(48)34-52(51)59(62-47-23-12-16-35-15-11-22-46(57(35)47)61(58)62)38-27-29-43-41-19-8-10-25-54(41)64(3,4)56(43)32-38/h5-34H,1-4H3. The maximum atomic E-state index is 2.59. The summed E-state index contributed by atoms with van der Waals surface area (Å²) in [4.78, 5) is 0. The van der Waals surface area contributed by atoms with Gasteiger partial charge in [-0.2, -0.15) is 0 Å². The fourth-order valence-corrected chi connectivity index (χ4v) is 13.2. The van der Waals surface area contributed by atoms with E-state index in [2.05, 4.69) is 210 Å². The molecule has 0 saturated heterocycles. The molecule has 0 N–H and O–H groups in total. The molecule has 0 aromatic heterocycles. The first kappa shape index (κ1) is 35.0. The van der Waals surface area contributed by atoms with Crippen molar-refractivity contribution in [1.29, 1.82) is 0 Å². The second-order valence-corrected chi connectivity index (χ2v) is 19.9. The molecular formula is C64H42. The van der Waals surface area contributed by atoms with Crippen LogP contribution in [0.5, 0.6) is 0 Å². The monoisotopic (exact) mass is 810 g/mol. The molecule has 13 aromatic rings. The summed E-state index contributed by atoms with van der Waals surface area (Å²) in [6.45, 7) is 9.64. The lowest BCUT2D eigenvalue weighted by Crippen LogP contribution is -2.15. The highest BCUT2D eigenvalue weighted by Gasteiger charge is 2.37. The van der Waals surface area contributed by atoms with Crippen molar-refractivity contribution in [3.05, 3.63) is 204 Å². The van der Waals surface area contributed by atoms with Gasteiger partial charge in [-0.3, -0.25) is 0 Å². The van der Waals surface area contributed by atoms with Gasteiger partial charge in [-0.05, 0) is 183 Å². The van der Waals surface area contributed by atoms with Gasteiger partial charge in [-0.1, -0.05) is 179 Å². The summed E-state index contributed by atoms with van der Waals surface area (Å²) in [6.07, 6.45) is 0. The van der Waals surface area contributed by atoms with Crippen LogP contribution < -0.4 is 0 Å². The van der Waals surface area contributed by atoms with Crippen LogP contribution in [-0.4, -0.2) is 0 Å². The predicted octanol–water partition coefficient (Wildman–Crippen LogP) is 17.7. The van der Waals surface area contributed by atoms with Crippen molar-refractivity contribution >= 4 is 86.2 Å². The van der Waals surface area contributed by atoms with Crippen LogP contribution in [0.3, 0.4) is 0 Å². The van der Waals surface area contributed by atoms with Crippen molar-refractivity contribution in [3.63, 3.8) is 0 Å². The molecule has 0 bridgehead atoms. The van der Waals surface area contributed by atoms with Gasteiger partial charge in [0.2, 0.25) is 0 Å². The largest absolute Gasteiger partial charge is 0.0619 e. The van der Waals surface area contributed by atoms with Crippen molar-refractivity contribution in [2.75, 3.05) is 0 Å². The SMILES string of the molecule is CC1(C)c2ccccc2-c2ccc(-c3c4cc5c(cc4c(-c4ccc6c(c4)C(C)(C)c4ccccc4-6)c4c6cccc7cccc(c34)c76)c3cc4ccccc4c4cccc5c43)cc21. The highest BCUT2D eigenvalue weighted by Crippen LogP contribution is 2.57. The van der Waals surface area contributed by atoms with Crippen LogP contribution in [0, 0.1) is 0 Å². The van der Waals surface area contributed by atoms with E-state index in [9.17, 15) is 0 Å². The summed E-state index contributed by atoms with van der Waals surface area (Å²) in [5.74, 6) is 0. The van der Waals surface area contributed by atoms with Gasteiger partial charge in [0.1, 0.15) is 0 Å². The Balaban J connectivity index is 1.16. The van der Waals surface area contributed by atoms with Crippen LogP contribution in [0.25, 0.3) is 131 Å². The van der Waals surface area contributed by atoms with E-state index in [0.29, 0.717) is 0 Å². The topological polar surface area (TPSA) is 0 Å². The first-order chi connectivity index (χ1) is 31.3. The fourth-order valence-electron chi connectivity index (χ4n) is 13.2. The zero-order valence-corrected chi connectivity index (χ0v) is 36.3. The summed E-state index contributed by atoms with van der Waals surface area (Å²) >= 11 is 0. The second kappa shape index (κ2) is 11.7. The smallest absolute Gasteiger partial charge is 0.0159 e. The van der Waals surface area contributed by atoms with Crippen LogP contribution in [0.15, 0.2) is 182 Å². The van der Waals surface area contributed by atoms with E-state index in [0.717, 1.165) is 0 Å². The van der Waals surface area contributed by atoms with Gasteiger partial charge in [0.15, 0.2) is 0 Å². The lowest BCUT2D eigenvalue weighted by molar-refractivity contribution is 0.660.